The van der Waals surface area contributed by atoms with Crippen LogP contribution in [-0.2, 0) is 6.54 Å². The van der Waals surface area contributed by atoms with E-state index in [0.717, 1.165) is 12.5 Å². The molecule has 1 fully saturated rings. The number of hydrogen-bond acceptors (Lipinski definition) is 4. The molecular formula is C21H27F2IN4O2. The van der Waals surface area contributed by atoms with E-state index in [2.05, 4.69) is 15.6 Å². The molecule has 3 N–H and O–H groups in total. The number of phenols is 1. The van der Waals surface area contributed by atoms with Crippen LogP contribution in [-0.4, -0.2) is 43.9 Å². The highest BCUT2D eigenvalue weighted by Crippen LogP contribution is 2.29. The number of benzene rings is 2. The molecule has 1 aliphatic heterocycles. The number of methoxy groups -OCH3 is 1. The predicted octanol–water partition coefficient (Wildman–Crippen LogP) is 3.63. The zero-order valence-electron chi connectivity index (χ0n) is 17.0. The Balaban J connectivity index is 0.00000320. The van der Waals surface area contributed by atoms with Crippen LogP contribution in [0.15, 0.2) is 41.4 Å². The minimum atomic E-state index is -0.581. The van der Waals surface area contributed by atoms with Crippen molar-refractivity contribution in [1.29, 1.82) is 0 Å². The Morgan fingerprint density at radius 1 is 1.30 bits per heavy atom. The van der Waals surface area contributed by atoms with Crippen LogP contribution in [0.3, 0.4) is 0 Å². The van der Waals surface area contributed by atoms with Crippen LogP contribution < -0.4 is 20.3 Å². The molecule has 0 radical (unpaired) electrons. The molecule has 164 valence electrons. The summed E-state index contributed by atoms with van der Waals surface area (Å²) in [5.41, 5.74) is 1.06. The highest BCUT2D eigenvalue weighted by molar-refractivity contribution is 14.0. The Labute approximate surface area is 192 Å². The highest BCUT2D eigenvalue weighted by atomic mass is 127. The van der Waals surface area contributed by atoms with Crippen molar-refractivity contribution in [1.82, 2.24) is 10.6 Å². The molecule has 1 heterocycles. The Hall–Kier alpha value is -2.30. The van der Waals surface area contributed by atoms with E-state index in [0.29, 0.717) is 42.6 Å². The van der Waals surface area contributed by atoms with Gasteiger partial charge in [-0.15, -0.1) is 24.0 Å². The number of para-hydroxylation sites is 1. The van der Waals surface area contributed by atoms with Crippen LogP contribution in [0.25, 0.3) is 0 Å². The maximum absolute atomic E-state index is 14.0. The van der Waals surface area contributed by atoms with Gasteiger partial charge in [0.05, 0.1) is 19.3 Å². The van der Waals surface area contributed by atoms with Gasteiger partial charge in [0.2, 0.25) is 0 Å². The van der Waals surface area contributed by atoms with Gasteiger partial charge < -0.3 is 25.4 Å². The second-order valence-corrected chi connectivity index (χ2v) is 6.83. The fourth-order valence-corrected chi connectivity index (χ4v) is 3.37. The largest absolute Gasteiger partial charge is 0.504 e. The van der Waals surface area contributed by atoms with Gasteiger partial charge in [0.1, 0.15) is 11.6 Å². The van der Waals surface area contributed by atoms with Crippen molar-refractivity contribution in [2.75, 3.05) is 31.6 Å². The zero-order valence-corrected chi connectivity index (χ0v) is 19.3. The number of nitrogens with one attached hydrogen (secondary N) is 2. The first-order valence-corrected chi connectivity index (χ1v) is 9.61. The normalized spacial score (nSPS) is 16.2. The van der Waals surface area contributed by atoms with Gasteiger partial charge >= 0.3 is 0 Å². The fourth-order valence-electron chi connectivity index (χ4n) is 3.37. The summed E-state index contributed by atoms with van der Waals surface area (Å²) in [6.07, 6.45) is 0.797. The number of anilines is 1. The van der Waals surface area contributed by atoms with Crippen LogP contribution >= 0.6 is 24.0 Å². The second kappa shape index (κ2) is 11.2. The van der Waals surface area contributed by atoms with E-state index >= 15 is 0 Å². The van der Waals surface area contributed by atoms with Gasteiger partial charge in [-0.2, -0.15) is 0 Å². The van der Waals surface area contributed by atoms with E-state index in [4.69, 9.17) is 4.74 Å². The Bertz CT molecular complexity index is 882. The molecule has 0 spiro atoms. The van der Waals surface area contributed by atoms with Crippen molar-refractivity contribution >= 4 is 35.6 Å². The lowest BCUT2D eigenvalue weighted by Crippen LogP contribution is -2.44. The number of halogens is 3. The number of rotatable bonds is 6. The second-order valence-electron chi connectivity index (χ2n) is 6.83. The molecule has 0 bridgehead atoms. The van der Waals surface area contributed by atoms with Crippen LogP contribution in [0.2, 0.25) is 0 Å². The monoisotopic (exact) mass is 532 g/mol. The molecule has 0 aliphatic carbocycles. The number of hydrogen-bond donors (Lipinski definition) is 3. The number of ether oxygens (including phenoxy) is 1. The third kappa shape index (κ3) is 5.87. The van der Waals surface area contributed by atoms with Crippen molar-refractivity contribution < 1.29 is 18.6 Å². The lowest BCUT2D eigenvalue weighted by molar-refractivity contribution is 0.370. The molecule has 30 heavy (non-hydrogen) atoms. The molecule has 2 aromatic carbocycles. The topological polar surface area (TPSA) is 69.1 Å². The molecule has 2 aromatic rings. The number of aliphatic imine (C=N–C) groups is 1. The average molecular weight is 532 g/mol. The molecule has 3 rings (SSSR count). The first-order chi connectivity index (χ1) is 14.0. The van der Waals surface area contributed by atoms with Gasteiger partial charge in [0.15, 0.2) is 17.5 Å². The molecule has 1 saturated heterocycles. The van der Waals surface area contributed by atoms with Gasteiger partial charge in [-0.05, 0) is 31.5 Å². The Kier molecular flexibility index (Phi) is 8.94. The smallest absolute Gasteiger partial charge is 0.191 e. The molecule has 9 heteroatoms. The third-order valence-corrected chi connectivity index (χ3v) is 4.83. The molecular weight excluding hydrogens is 505 g/mol. The number of aromatic hydroxyl groups is 1. The first kappa shape index (κ1) is 24.0. The van der Waals surface area contributed by atoms with E-state index in [1.807, 2.05) is 11.8 Å². The lowest BCUT2D eigenvalue weighted by atomic mass is 10.2. The van der Waals surface area contributed by atoms with Crippen molar-refractivity contribution in [3.8, 4) is 11.5 Å². The average Bonchev–Trinajstić information content (AvgIpc) is 3.15. The number of guanidine groups is 1. The van der Waals surface area contributed by atoms with Gasteiger partial charge in [-0.1, -0.05) is 12.1 Å². The van der Waals surface area contributed by atoms with Gasteiger partial charge in [-0.25, -0.2) is 13.8 Å². The molecule has 1 atom stereocenters. The summed E-state index contributed by atoms with van der Waals surface area (Å²) in [4.78, 5) is 6.44. The van der Waals surface area contributed by atoms with Crippen molar-refractivity contribution in [3.05, 3.63) is 53.6 Å². The summed E-state index contributed by atoms with van der Waals surface area (Å²) in [5, 5.41) is 16.8. The molecule has 1 aliphatic rings. The minimum absolute atomic E-state index is 0. The standard InChI is InChI=1S/C21H26F2N4O2.HI/c1-3-24-21(25-12-14-5-4-6-19(29-2)20(14)28)26-16-9-10-27(13-16)18-8-7-15(22)11-17(18)23;/h4-8,11,16,28H,3,9-10,12-13H2,1-2H3,(H2,24,25,26);1H. The molecule has 0 saturated carbocycles. The number of nitrogens with zero attached hydrogens (tertiary/aromatic N) is 2. The van der Waals surface area contributed by atoms with Crippen LogP contribution in [0.1, 0.15) is 18.9 Å². The predicted molar refractivity (Wildman–Crippen MR) is 125 cm³/mol. The Morgan fingerprint density at radius 2 is 2.10 bits per heavy atom. The van der Waals surface area contributed by atoms with Gasteiger partial charge in [0, 0.05) is 37.3 Å². The van der Waals surface area contributed by atoms with E-state index in [-0.39, 0.29) is 42.3 Å². The maximum atomic E-state index is 14.0. The zero-order chi connectivity index (χ0) is 20.8. The van der Waals surface area contributed by atoms with Crippen molar-refractivity contribution in [3.63, 3.8) is 0 Å². The molecule has 0 amide bonds. The van der Waals surface area contributed by atoms with E-state index in [1.54, 1.807) is 18.2 Å². The quantitative estimate of drug-likeness (QED) is 0.301. The van der Waals surface area contributed by atoms with E-state index in [9.17, 15) is 13.9 Å². The summed E-state index contributed by atoms with van der Waals surface area (Å²) in [5.74, 6) is -0.0415. The number of phenolic OH excluding ortho intramolecular Hbond substituents is 1. The van der Waals surface area contributed by atoms with Crippen molar-refractivity contribution in [2.45, 2.75) is 25.9 Å². The first-order valence-electron chi connectivity index (χ1n) is 9.61. The Morgan fingerprint density at radius 3 is 2.80 bits per heavy atom. The van der Waals surface area contributed by atoms with E-state index < -0.39 is 11.6 Å². The minimum Gasteiger partial charge on any atom is -0.504 e. The molecule has 1 unspecified atom stereocenters. The van der Waals surface area contributed by atoms with E-state index in [1.165, 1.54) is 19.2 Å². The van der Waals surface area contributed by atoms with Crippen molar-refractivity contribution in [2.24, 2.45) is 4.99 Å². The highest BCUT2D eigenvalue weighted by Gasteiger charge is 2.25. The maximum Gasteiger partial charge on any atom is 0.191 e. The fraction of sp³-hybridized carbons (Fsp3) is 0.381. The summed E-state index contributed by atoms with van der Waals surface area (Å²) in [7, 11) is 1.50. The summed E-state index contributed by atoms with van der Waals surface area (Å²) in [6.45, 7) is 4.17. The third-order valence-electron chi connectivity index (χ3n) is 4.83. The van der Waals surface area contributed by atoms with Crippen LogP contribution in [0.4, 0.5) is 14.5 Å². The summed E-state index contributed by atoms with van der Waals surface area (Å²) < 4.78 is 32.3. The SMILES string of the molecule is CCNC(=NCc1cccc(OC)c1O)NC1CCN(c2ccc(F)cc2F)C1.I. The lowest BCUT2D eigenvalue weighted by Gasteiger charge is -2.21. The molecule has 0 aromatic heterocycles. The van der Waals surface area contributed by atoms with Crippen LogP contribution in [0.5, 0.6) is 11.5 Å². The summed E-state index contributed by atoms with van der Waals surface area (Å²) in [6, 6.07) is 8.99. The summed E-state index contributed by atoms with van der Waals surface area (Å²) >= 11 is 0. The molecule has 6 nitrogen and oxygen atoms in total. The van der Waals surface area contributed by atoms with Gasteiger partial charge in [-0.3, -0.25) is 0 Å². The van der Waals surface area contributed by atoms with Crippen LogP contribution in [0, 0.1) is 11.6 Å². The van der Waals surface area contributed by atoms with Gasteiger partial charge in [0.25, 0.3) is 0 Å².